The van der Waals surface area contributed by atoms with E-state index in [-0.39, 0.29) is 6.04 Å². The predicted octanol–water partition coefficient (Wildman–Crippen LogP) is 4.26. The number of hydrogen-bond donors (Lipinski definition) is 1. The number of nitrogens with one attached hydrogen (secondary N) is 1. The van der Waals surface area contributed by atoms with Gasteiger partial charge >= 0.3 is 0 Å². The van der Waals surface area contributed by atoms with Crippen molar-refractivity contribution in [1.82, 2.24) is 5.32 Å². The molecule has 1 saturated carbocycles. The van der Waals surface area contributed by atoms with Gasteiger partial charge in [0.05, 0.1) is 12.1 Å². The average Bonchev–Trinajstić information content (AvgIpc) is 3.33. The number of ether oxygens (including phenoxy) is 1. The number of benzene rings is 2. The van der Waals surface area contributed by atoms with Gasteiger partial charge in [0, 0.05) is 4.90 Å². The van der Waals surface area contributed by atoms with E-state index in [1.54, 1.807) is 11.8 Å². The van der Waals surface area contributed by atoms with Crippen LogP contribution in [0.2, 0.25) is 0 Å². The van der Waals surface area contributed by atoms with E-state index < -0.39 is 0 Å². The second-order valence-electron chi connectivity index (χ2n) is 5.38. The highest BCUT2D eigenvalue weighted by molar-refractivity contribution is 7.98. The predicted molar refractivity (Wildman–Crippen MR) is 89.2 cm³/mol. The third-order valence-electron chi connectivity index (χ3n) is 3.76. The van der Waals surface area contributed by atoms with Gasteiger partial charge in [-0.25, -0.2) is 0 Å². The van der Waals surface area contributed by atoms with Crippen molar-refractivity contribution >= 4 is 11.8 Å². The smallest absolute Gasteiger partial charge is 0.120 e. The van der Waals surface area contributed by atoms with E-state index in [0.29, 0.717) is 6.10 Å². The molecule has 3 rings (SSSR count). The molecular weight excluding hydrogens is 278 g/mol. The van der Waals surface area contributed by atoms with Gasteiger partial charge in [0.15, 0.2) is 0 Å². The first-order chi connectivity index (χ1) is 10.3. The molecule has 1 unspecified atom stereocenters. The summed E-state index contributed by atoms with van der Waals surface area (Å²) in [5.41, 5.74) is 2.52. The molecule has 21 heavy (non-hydrogen) atoms. The largest absolute Gasteiger partial charge is 0.490 e. The van der Waals surface area contributed by atoms with Crippen LogP contribution in [0.1, 0.15) is 30.0 Å². The fourth-order valence-corrected chi connectivity index (χ4v) is 2.88. The Hall–Kier alpha value is -1.45. The molecule has 0 heterocycles. The molecule has 2 nitrogen and oxygen atoms in total. The van der Waals surface area contributed by atoms with Crippen LogP contribution < -0.4 is 10.1 Å². The summed E-state index contributed by atoms with van der Waals surface area (Å²) in [6.45, 7) is 0. The summed E-state index contributed by atoms with van der Waals surface area (Å²) < 4.78 is 5.90. The molecule has 1 aliphatic carbocycles. The molecule has 2 aromatic rings. The first-order valence-corrected chi connectivity index (χ1v) is 8.60. The molecule has 3 heteroatoms. The summed E-state index contributed by atoms with van der Waals surface area (Å²) in [5, 5.41) is 3.41. The van der Waals surface area contributed by atoms with Crippen molar-refractivity contribution in [2.75, 3.05) is 13.3 Å². The Morgan fingerprint density at radius 3 is 2.48 bits per heavy atom. The number of thioether (sulfide) groups is 1. The van der Waals surface area contributed by atoms with Gasteiger partial charge in [0.25, 0.3) is 0 Å². The van der Waals surface area contributed by atoms with Crippen molar-refractivity contribution in [2.45, 2.75) is 29.9 Å². The van der Waals surface area contributed by atoms with Gasteiger partial charge in [-0.05, 0) is 61.5 Å². The van der Waals surface area contributed by atoms with Crippen LogP contribution in [0.15, 0.2) is 53.4 Å². The van der Waals surface area contributed by atoms with Crippen LogP contribution in [0, 0.1) is 0 Å². The zero-order valence-corrected chi connectivity index (χ0v) is 13.3. The maximum absolute atomic E-state index is 5.90. The average molecular weight is 299 g/mol. The van der Waals surface area contributed by atoms with Crippen molar-refractivity contribution in [3.8, 4) is 5.75 Å². The maximum Gasteiger partial charge on any atom is 0.120 e. The normalized spacial score (nSPS) is 15.7. The summed E-state index contributed by atoms with van der Waals surface area (Å²) in [6, 6.07) is 17.4. The molecule has 1 aliphatic rings. The Kier molecular flexibility index (Phi) is 4.51. The number of rotatable bonds is 6. The van der Waals surface area contributed by atoms with E-state index in [1.807, 2.05) is 13.1 Å². The van der Waals surface area contributed by atoms with Crippen LogP contribution in [-0.4, -0.2) is 19.4 Å². The number of hydrogen-bond acceptors (Lipinski definition) is 3. The van der Waals surface area contributed by atoms with Gasteiger partial charge in [-0.2, -0.15) is 0 Å². The molecule has 1 N–H and O–H groups in total. The van der Waals surface area contributed by atoms with Crippen LogP contribution in [0.25, 0.3) is 0 Å². The summed E-state index contributed by atoms with van der Waals surface area (Å²) in [5.74, 6) is 0.982. The molecule has 0 saturated heterocycles. The van der Waals surface area contributed by atoms with E-state index in [1.165, 1.54) is 28.9 Å². The van der Waals surface area contributed by atoms with Crippen LogP contribution >= 0.6 is 11.8 Å². The summed E-state index contributed by atoms with van der Waals surface area (Å²) in [4.78, 5) is 1.29. The lowest BCUT2D eigenvalue weighted by molar-refractivity contribution is 0.302. The molecule has 0 bridgehead atoms. The quantitative estimate of drug-likeness (QED) is 0.805. The molecule has 0 spiro atoms. The highest BCUT2D eigenvalue weighted by Gasteiger charge is 2.23. The fourth-order valence-electron chi connectivity index (χ4n) is 2.47. The first kappa shape index (κ1) is 14.5. The lowest BCUT2D eigenvalue weighted by atomic mass is 9.99. The van der Waals surface area contributed by atoms with Gasteiger partial charge in [-0.1, -0.05) is 24.3 Å². The van der Waals surface area contributed by atoms with E-state index in [9.17, 15) is 0 Å². The van der Waals surface area contributed by atoms with Crippen molar-refractivity contribution in [2.24, 2.45) is 0 Å². The standard InChI is InChI=1S/C18H21NOS/c1-19-18(13-6-10-17(21-2)11-7-13)14-4-3-5-16(12-14)20-15-8-9-15/h3-7,10-12,15,18-19H,8-9H2,1-2H3. The Morgan fingerprint density at radius 1 is 1.10 bits per heavy atom. The lowest BCUT2D eigenvalue weighted by Crippen LogP contribution is -2.17. The maximum atomic E-state index is 5.90. The molecule has 0 amide bonds. The molecule has 1 fully saturated rings. The van der Waals surface area contributed by atoms with Crippen molar-refractivity contribution < 1.29 is 4.74 Å². The van der Waals surface area contributed by atoms with Gasteiger partial charge in [-0.3, -0.25) is 0 Å². The Bertz CT molecular complexity index is 592. The molecule has 2 aromatic carbocycles. The van der Waals surface area contributed by atoms with E-state index in [4.69, 9.17) is 4.74 Å². The summed E-state index contributed by atoms with van der Waals surface area (Å²) in [6.07, 6.45) is 4.92. The van der Waals surface area contributed by atoms with Gasteiger partial charge in [0.2, 0.25) is 0 Å². The lowest BCUT2D eigenvalue weighted by Gasteiger charge is -2.18. The Morgan fingerprint density at radius 2 is 1.86 bits per heavy atom. The molecule has 0 radical (unpaired) electrons. The molecule has 1 atom stereocenters. The van der Waals surface area contributed by atoms with Crippen molar-refractivity contribution in [3.63, 3.8) is 0 Å². The van der Waals surface area contributed by atoms with Gasteiger partial charge in [-0.15, -0.1) is 11.8 Å². The molecule has 0 aromatic heterocycles. The summed E-state index contributed by atoms with van der Waals surface area (Å²) in [7, 11) is 2.00. The first-order valence-electron chi connectivity index (χ1n) is 7.38. The van der Waals surface area contributed by atoms with Crippen LogP contribution in [0.4, 0.5) is 0 Å². The zero-order chi connectivity index (χ0) is 14.7. The highest BCUT2D eigenvalue weighted by atomic mass is 32.2. The van der Waals surface area contributed by atoms with Gasteiger partial charge < -0.3 is 10.1 Å². The highest BCUT2D eigenvalue weighted by Crippen LogP contribution is 2.30. The molecule has 0 aliphatic heterocycles. The van der Waals surface area contributed by atoms with Gasteiger partial charge in [0.1, 0.15) is 5.75 Å². The van der Waals surface area contributed by atoms with Crippen LogP contribution in [0.5, 0.6) is 5.75 Å². The molecular formula is C18H21NOS. The summed E-state index contributed by atoms with van der Waals surface area (Å²) >= 11 is 1.77. The van der Waals surface area contributed by atoms with Crippen molar-refractivity contribution in [1.29, 1.82) is 0 Å². The van der Waals surface area contributed by atoms with Crippen LogP contribution in [-0.2, 0) is 0 Å². The second-order valence-corrected chi connectivity index (χ2v) is 6.26. The van der Waals surface area contributed by atoms with Crippen molar-refractivity contribution in [3.05, 3.63) is 59.7 Å². The Labute approximate surface area is 130 Å². The third kappa shape index (κ3) is 3.60. The Balaban J connectivity index is 1.83. The van der Waals surface area contributed by atoms with E-state index in [2.05, 4.69) is 54.0 Å². The minimum atomic E-state index is 0.198. The minimum Gasteiger partial charge on any atom is -0.490 e. The fraction of sp³-hybridized carbons (Fsp3) is 0.333. The second kappa shape index (κ2) is 6.54. The van der Waals surface area contributed by atoms with Crippen LogP contribution in [0.3, 0.4) is 0 Å². The monoisotopic (exact) mass is 299 g/mol. The zero-order valence-electron chi connectivity index (χ0n) is 12.5. The topological polar surface area (TPSA) is 21.3 Å². The van der Waals surface area contributed by atoms with E-state index >= 15 is 0 Å². The van der Waals surface area contributed by atoms with E-state index in [0.717, 1.165) is 5.75 Å². The minimum absolute atomic E-state index is 0.198. The molecule has 110 valence electrons. The third-order valence-corrected chi connectivity index (χ3v) is 4.50. The SMILES string of the molecule is CNC(c1ccc(SC)cc1)c1cccc(OC2CC2)c1.